The van der Waals surface area contributed by atoms with Gasteiger partial charge in [0, 0.05) is 16.4 Å². The fourth-order valence-electron chi connectivity index (χ4n) is 0.999. The van der Waals surface area contributed by atoms with E-state index in [1.807, 2.05) is 0 Å². The lowest BCUT2D eigenvalue weighted by Crippen LogP contribution is -2.10. The van der Waals surface area contributed by atoms with Gasteiger partial charge in [0.25, 0.3) is 10.0 Å². The molecule has 0 radical (unpaired) electrons. The van der Waals surface area contributed by atoms with Gasteiger partial charge in [-0.15, -0.1) is 11.3 Å². The quantitative estimate of drug-likeness (QED) is 0.888. The van der Waals surface area contributed by atoms with Gasteiger partial charge in [-0.2, -0.15) is 11.3 Å². The Hall–Kier alpha value is -1.05. The highest BCUT2D eigenvalue weighted by Crippen LogP contribution is 2.24. The Morgan fingerprint density at radius 3 is 2.67 bits per heavy atom. The maximum absolute atomic E-state index is 11.8. The van der Waals surface area contributed by atoms with Gasteiger partial charge in [-0.25, -0.2) is 8.42 Å². The molecular weight excluding hydrogens is 252 g/mol. The van der Waals surface area contributed by atoms with Crippen molar-refractivity contribution in [1.29, 1.82) is 0 Å². The second-order valence-electron chi connectivity index (χ2n) is 2.82. The average molecular weight is 260 g/mol. The first-order valence-electron chi connectivity index (χ1n) is 3.97. The summed E-state index contributed by atoms with van der Waals surface area (Å²) in [6.07, 6.45) is 0. The van der Waals surface area contributed by atoms with E-state index in [-0.39, 0.29) is 4.21 Å². The van der Waals surface area contributed by atoms with Crippen LogP contribution in [0.15, 0.2) is 32.5 Å². The van der Waals surface area contributed by atoms with Crippen LogP contribution in [0.3, 0.4) is 0 Å². The zero-order valence-corrected chi connectivity index (χ0v) is 9.95. The molecule has 15 heavy (non-hydrogen) atoms. The number of thiophene rings is 2. The minimum Gasteiger partial charge on any atom is -0.398 e. The molecule has 0 unspecified atom stereocenters. The fraction of sp³-hybridized carbons (Fsp3) is 0. The number of sulfonamides is 1. The fourth-order valence-corrected chi connectivity index (χ4v) is 3.79. The number of hydrogen-bond acceptors (Lipinski definition) is 5. The van der Waals surface area contributed by atoms with Gasteiger partial charge in [0.2, 0.25) is 0 Å². The number of nitrogens with two attached hydrogens (primary N) is 1. The SMILES string of the molecule is Nc1csc(S(=O)(=O)Nc2ccsc2)c1. The van der Waals surface area contributed by atoms with Crippen LogP contribution >= 0.6 is 22.7 Å². The summed E-state index contributed by atoms with van der Waals surface area (Å²) in [6, 6.07) is 3.15. The molecule has 0 bridgehead atoms. The van der Waals surface area contributed by atoms with Crippen LogP contribution < -0.4 is 10.5 Å². The third-order valence-electron chi connectivity index (χ3n) is 1.63. The van der Waals surface area contributed by atoms with Crippen molar-refractivity contribution < 1.29 is 8.42 Å². The van der Waals surface area contributed by atoms with Crippen LogP contribution in [-0.2, 0) is 10.0 Å². The summed E-state index contributed by atoms with van der Waals surface area (Å²) in [5.74, 6) is 0. The van der Waals surface area contributed by atoms with E-state index >= 15 is 0 Å². The molecule has 0 aliphatic carbocycles. The monoisotopic (exact) mass is 260 g/mol. The molecule has 0 aromatic carbocycles. The van der Waals surface area contributed by atoms with E-state index in [0.29, 0.717) is 11.4 Å². The average Bonchev–Trinajstić information content (AvgIpc) is 2.75. The van der Waals surface area contributed by atoms with Crippen molar-refractivity contribution in [3.63, 3.8) is 0 Å². The van der Waals surface area contributed by atoms with Crippen LogP contribution in [0.2, 0.25) is 0 Å². The molecule has 2 rings (SSSR count). The zero-order valence-electron chi connectivity index (χ0n) is 7.51. The summed E-state index contributed by atoms with van der Waals surface area (Å²) in [7, 11) is -3.47. The molecule has 0 fully saturated rings. The van der Waals surface area contributed by atoms with Crippen molar-refractivity contribution in [1.82, 2.24) is 0 Å². The molecule has 4 nitrogen and oxygen atoms in total. The molecule has 0 aliphatic rings. The highest BCUT2D eigenvalue weighted by molar-refractivity contribution is 7.94. The van der Waals surface area contributed by atoms with Crippen molar-refractivity contribution in [2.45, 2.75) is 4.21 Å². The Morgan fingerprint density at radius 2 is 2.13 bits per heavy atom. The van der Waals surface area contributed by atoms with Gasteiger partial charge in [-0.05, 0) is 17.5 Å². The van der Waals surface area contributed by atoms with Crippen LogP contribution in [0, 0.1) is 0 Å². The van der Waals surface area contributed by atoms with Gasteiger partial charge in [-0.1, -0.05) is 0 Å². The Bertz CT molecular complexity index is 542. The molecule has 2 aromatic heterocycles. The first kappa shape index (κ1) is 10.5. The number of nitrogens with one attached hydrogen (secondary N) is 1. The molecule has 7 heteroatoms. The van der Waals surface area contributed by atoms with Crippen LogP contribution in [0.4, 0.5) is 11.4 Å². The molecule has 2 heterocycles. The zero-order chi connectivity index (χ0) is 10.9. The van der Waals surface area contributed by atoms with Gasteiger partial charge in [-0.3, -0.25) is 4.72 Å². The number of anilines is 2. The molecule has 0 spiro atoms. The highest BCUT2D eigenvalue weighted by atomic mass is 32.2. The lowest BCUT2D eigenvalue weighted by atomic mass is 10.6. The summed E-state index contributed by atoms with van der Waals surface area (Å²) in [5, 5.41) is 5.14. The minimum atomic E-state index is -3.47. The lowest BCUT2D eigenvalue weighted by molar-refractivity contribution is 0.603. The predicted octanol–water partition coefficient (Wildman–Crippen LogP) is 2.19. The number of nitrogen functional groups attached to an aromatic ring is 1. The molecule has 0 saturated heterocycles. The molecule has 0 amide bonds. The van der Waals surface area contributed by atoms with E-state index in [9.17, 15) is 8.42 Å². The number of rotatable bonds is 3. The molecule has 3 N–H and O–H groups in total. The largest absolute Gasteiger partial charge is 0.398 e. The second kappa shape index (κ2) is 3.84. The first-order chi connectivity index (χ1) is 7.08. The van der Waals surface area contributed by atoms with Crippen molar-refractivity contribution in [3.05, 3.63) is 28.3 Å². The molecular formula is C8H8N2O2S3. The summed E-state index contributed by atoms with van der Waals surface area (Å²) in [6.45, 7) is 0. The van der Waals surface area contributed by atoms with Crippen molar-refractivity contribution in [3.8, 4) is 0 Å². The topological polar surface area (TPSA) is 72.2 Å². The molecule has 80 valence electrons. The lowest BCUT2D eigenvalue weighted by Gasteiger charge is -2.02. The Labute approximate surface area is 95.4 Å². The maximum Gasteiger partial charge on any atom is 0.271 e. The maximum atomic E-state index is 11.8. The van der Waals surface area contributed by atoms with Crippen LogP contribution in [0.25, 0.3) is 0 Å². The van der Waals surface area contributed by atoms with Gasteiger partial charge < -0.3 is 5.73 Å². The predicted molar refractivity (Wildman–Crippen MR) is 63.9 cm³/mol. The van der Waals surface area contributed by atoms with Gasteiger partial charge in [0.1, 0.15) is 4.21 Å². The Balaban J connectivity index is 2.28. The normalized spacial score (nSPS) is 11.5. The summed E-state index contributed by atoms with van der Waals surface area (Å²) in [4.78, 5) is 0. The Morgan fingerprint density at radius 1 is 1.33 bits per heavy atom. The molecule has 2 aromatic rings. The van der Waals surface area contributed by atoms with E-state index in [2.05, 4.69) is 4.72 Å². The third kappa shape index (κ3) is 2.31. The molecule has 0 saturated carbocycles. The molecule has 0 aliphatic heterocycles. The highest BCUT2D eigenvalue weighted by Gasteiger charge is 2.16. The van der Waals surface area contributed by atoms with E-state index in [0.717, 1.165) is 11.3 Å². The van der Waals surface area contributed by atoms with Crippen LogP contribution in [-0.4, -0.2) is 8.42 Å². The first-order valence-corrected chi connectivity index (χ1v) is 7.27. The van der Waals surface area contributed by atoms with Crippen LogP contribution in [0.5, 0.6) is 0 Å². The smallest absolute Gasteiger partial charge is 0.271 e. The van der Waals surface area contributed by atoms with Gasteiger partial charge >= 0.3 is 0 Å². The van der Waals surface area contributed by atoms with Crippen molar-refractivity contribution in [2.75, 3.05) is 10.5 Å². The minimum absolute atomic E-state index is 0.228. The molecule has 0 atom stereocenters. The van der Waals surface area contributed by atoms with E-state index in [4.69, 9.17) is 5.73 Å². The number of hydrogen-bond donors (Lipinski definition) is 2. The second-order valence-corrected chi connectivity index (χ2v) is 6.42. The standard InChI is InChI=1S/C8H8N2O2S3/c9-6-3-8(14-4-6)15(11,12)10-7-1-2-13-5-7/h1-5,10H,9H2. The van der Waals surface area contributed by atoms with E-state index in [1.165, 1.54) is 17.4 Å². The summed E-state index contributed by atoms with van der Waals surface area (Å²) < 4.78 is 26.2. The van der Waals surface area contributed by atoms with E-state index < -0.39 is 10.0 Å². The van der Waals surface area contributed by atoms with Crippen molar-refractivity contribution >= 4 is 44.1 Å². The summed E-state index contributed by atoms with van der Waals surface area (Å²) in [5.41, 5.74) is 6.51. The summed E-state index contributed by atoms with van der Waals surface area (Å²) >= 11 is 2.54. The Kier molecular flexibility index (Phi) is 2.68. The van der Waals surface area contributed by atoms with Crippen LogP contribution in [0.1, 0.15) is 0 Å². The van der Waals surface area contributed by atoms with Crippen molar-refractivity contribution in [2.24, 2.45) is 0 Å². The van der Waals surface area contributed by atoms with Gasteiger partial charge in [0.05, 0.1) is 5.69 Å². The van der Waals surface area contributed by atoms with E-state index in [1.54, 1.807) is 22.2 Å². The third-order valence-corrected chi connectivity index (χ3v) is 5.16. The van der Waals surface area contributed by atoms with Gasteiger partial charge in [0.15, 0.2) is 0 Å².